The molecule has 6 heteroatoms. The van der Waals surface area contributed by atoms with Crippen molar-refractivity contribution in [2.75, 3.05) is 5.32 Å². The average molecular weight is 386 g/mol. The first kappa shape index (κ1) is 18.4. The molecule has 0 aliphatic carbocycles. The molecule has 4 nitrogen and oxygen atoms in total. The summed E-state index contributed by atoms with van der Waals surface area (Å²) >= 11 is 12.0. The highest BCUT2D eigenvalue weighted by molar-refractivity contribution is 7.80. The first-order valence-electron chi connectivity index (χ1n) is 8.27. The van der Waals surface area contributed by atoms with Crippen LogP contribution in [0.2, 0.25) is 5.02 Å². The molecule has 0 saturated carbocycles. The second-order valence-corrected chi connectivity index (χ2v) is 6.94. The lowest BCUT2D eigenvalue weighted by molar-refractivity contribution is 0.354. The maximum atomic E-state index is 6.33. The van der Waals surface area contributed by atoms with Crippen molar-refractivity contribution < 1.29 is 4.42 Å². The predicted octanol–water partition coefficient (Wildman–Crippen LogP) is 5.34. The number of aromatic nitrogens is 1. The topological polar surface area (TPSA) is 41.3 Å². The van der Waals surface area contributed by atoms with Gasteiger partial charge in [-0.1, -0.05) is 23.7 Å². The highest BCUT2D eigenvalue weighted by Gasteiger charge is 2.15. The van der Waals surface area contributed by atoms with Crippen LogP contribution in [0.5, 0.6) is 0 Å². The van der Waals surface area contributed by atoms with Crippen LogP contribution in [-0.4, -0.2) is 15.0 Å². The Labute approximate surface area is 163 Å². The van der Waals surface area contributed by atoms with Crippen LogP contribution in [0.1, 0.15) is 22.6 Å². The van der Waals surface area contributed by atoms with Crippen LogP contribution in [0.4, 0.5) is 5.69 Å². The van der Waals surface area contributed by atoms with Gasteiger partial charge in [-0.15, -0.1) is 0 Å². The largest absolute Gasteiger partial charge is 0.464 e. The van der Waals surface area contributed by atoms with Crippen LogP contribution in [-0.2, 0) is 13.1 Å². The molecular formula is C20H20ClN3OS. The first-order chi connectivity index (χ1) is 12.5. The van der Waals surface area contributed by atoms with Crippen molar-refractivity contribution >= 4 is 34.6 Å². The number of benzene rings is 1. The second-order valence-electron chi connectivity index (χ2n) is 6.14. The van der Waals surface area contributed by atoms with Gasteiger partial charge < -0.3 is 14.6 Å². The quantitative estimate of drug-likeness (QED) is 0.600. The zero-order valence-corrected chi connectivity index (χ0v) is 16.3. The minimum absolute atomic E-state index is 0.554. The van der Waals surface area contributed by atoms with Crippen molar-refractivity contribution in [1.82, 2.24) is 9.88 Å². The van der Waals surface area contributed by atoms with Gasteiger partial charge in [-0.25, -0.2) is 0 Å². The first-order valence-corrected chi connectivity index (χ1v) is 9.06. The molecule has 0 aliphatic heterocycles. The zero-order valence-electron chi connectivity index (χ0n) is 14.7. The minimum atomic E-state index is 0.554. The van der Waals surface area contributed by atoms with Gasteiger partial charge in [-0.3, -0.25) is 4.98 Å². The Morgan fingerprint density at radius 2 is 2.04 bits per heavy atom. The maximum Gasteiger partial charge on any atom is 0.174 e. The highest BCUT2D eigenvalue weighted by atomic mass is 35.5. The van der Waals surface area contributed by atoms with E-state index in [2.05, 4.69) is 10.3 Å². The number of furan rings is 1. The molecule has 0 atom stereocenters. The number of halogens is 1. The van der Waals surface area contributed by atoms with E-state index in [0.717, 1.165) is 28.3 Å². The second kappa shape index (κ2) is 8.34. The van der Waals surface area contributed by atoms with E-state index in [1.165, 1.54) is 0 Å². The SMILES string of the molecule is Cc1ccc(NC(=S)N(Cc2cccnc2)Cc2ccc(C)o2)c(Cl)c1. The van der Waals surface area contributed by atoms with Crippen LogP contribution in [0.3, 0.4) is 0 Å². The fourth-order valence-electron chi connectivity index (χ4n) is 2.59. The summed E-state index contributed by atoms with van der Waals surface area (Å²) in [6.07, 6.45) is 3.59. The smallest absolute Gasteiger partial charge is 0.174 e. The summed E-state index contributed by atoms with van der Waals surface area (Å²) in [5.41, 5.74) is 2.95. The lowest BCUT2D eigenvalue weighted by Crippen LogP contribution is -2.33. The van der Waals surface area contributed by atoms with E-state index in [0.29, 0.717) is 23.2 Å². The molecule has 0 fully saturated rings. The third-order valence-corrected chi connectivity index (χ3v) is 4.57. The van der Waals surface area contributed by atoms with Crippen molar-refractivity contribution in [2.45, 2.75) is 26.9 Å². The number of thiocarbonyl (C=S) groups is 1. The van der Waals surface area contributed by atoms with E-state index in [-0.39, 0.29) is 0 Å². The molecule has 1 N–H and O–H groups in total. The van der Waals surface area contributed by atoms with Crippen LogP contribution in [0, 0.1) is 13.8 Å². The normalized spacial score (nSPS) is 10.6. The molecule has 0 radical (unpaired) electrons. The Morgan fingerprint density at radius 1 is 1.19 bits per heavy atom. The summed E-state index contributed by atoms with van der Waals surface area (Å²) in [6.45, 7) is 5.10. The number of hydrogen-bond donors (Lipinski definition) is 1. The van der Waals surface area contributed by atoms with Gasteiger partial charge in [0.25, 0.3) is 0 Å². The molecule has 1 aromatic carbocycles. The van der Waals surface area contributed by atoms with Gasteiger partial charge in [0.15, 0.2) is 5.11 Å². The molecule has 134 valence electrons. The fourth-order valence-corrected chi connectivity index (χ4v) is 3.11. The molecule has 26 heavy (non-hydrogen) atoms. The van der Waals surface area contributed by atoms with Crippen LogP contribution >= 0.6 is 23.8 Å². The number of aryl methyl sites for hydroxylation is 2. The molecule has 3 rings (SSSR count). The van der Waals surface area contributed by atoms with Gasteiger partial charge in [0.2, 0.25) is 0 Å². The van der Waals surface area contributed by atoms with Gasteiger partial charge in [0.1, 0.15) is 11.5 Å². The Balaban J connectivity index is 1.79. The van der Waals surface area contributed by atoms with Crippen LogP contribution in [0.25, 0.3) is 0 Å². The van der Waals surface area contributed by atoms with Gasteiger partial charge in [0.05, 0.1) is 17.3 Å². The zero-order chi connectivity index (χ0) is 18.5. The van der Waals surface area contributed by atoms with E-state index in [9.17, 15) is 0 Å². The molecule has 0 saturated heterocycles. The van der Waals surface area contributed by atoms with Gasteiger partial charge >= 0.3 is 0 Å². The summed E-state index contributed by atoms with van der Waals surface area (Å²) in [7, 11) is 0. The molecule has 2 heterocycles. The Hall–Kier alpha value is -2.37. The third kappa shape index (κ3) is 4.84. The molecule has 0 amide bonds. The van der Waals surface area contributed by atoms with E-state index in [4.69, 9.17) is 28.2 Å². The maximum absolute atomic E-state index is 6.33. The van der Waals surface area contributed by atoms with Gasteiger partial charge in [-0.05, 0) is 67.5 Å². The van der Waals surface area contributed by atoms with E-state index >= 15 is 0 Å². The molecule has 0 spiro atoms. The summed E-state index contributed by atoms with van der Waals surface area (Å²) in [4.78, 5) is 6.21. The lowest BCUT2D eigenvalue weighted by atomic mass is 10.2. The Kier molecular flexibility index (Phi) is 5.91. The van der Waals surface area contributed by atoms with Gasteiger partial charge in [0, 0.05) is 18.9 Å². The number of nitrogens with one attached hydrogen (secondary N) is 1. The Bertz CT molecular complexity index is 895. The summed E-state index contributed by atoms with van der Waals surface area (Å²) in [5, 5.41) is 4.47. The molecule has 0 aliphatic rings. The van der Waals surface area contributed by atoms with E-state index in [1.807, 2.05) is 67.4 Å². The molecule has 0 bridgehead atoms. The number of rotatable bonds is 5. The predicted molar refractivity (Wildman–Crippen MR) is 109 cm³/mol. The van der Waals surface area contributed by atoms with E-state index in [1.54, 1.807) is 6.20 Å². The van der Waals surface area contributed by atoms with Gasteiger partial charge in [-0.2, -0.15) is 0 Å². The summed E-state index contributed by atoms with van der Waals surface area (Å²) in [5.74, 6) is 1.73. The fraction of sp³-hybridized carbons (Fsp3) is 0.200. The number of hydrogen-bond acceptors (Lipinski definition) is 3. The minimum Gasteiger partial charge on any atom is -0.464 e. The van der Waals surface area contributed by atoms with Crippen molar-refractivity contribution in [3.63, 3.8) is 0 Å². The monoisotopic (exact) mass is 385 g/mol. The standard InChI is InChI=1S/C20H20ClN3OS/c1-14-5-8-19(18(21)10-14)23-20(26)24(12-16-4-3-9-22-11-16)13-17-7-6-15(2)25-17/h3-11H,12-13H2,1-2H3,(H,23,26). The van der Waals surface area contributed by atoms with Crippen LogP contribution in [0.15, 0.2) is 59.3 Å². The van der Waals surface area contributed by atoms with E-state index < -0.39 is 0 Å². The molecular weight excluding hydrogens is 366 g/mol. The lowest BCUT2D eigenvalue weighted by Gasteiger charge is -2.25. The van der Waals surface area contributed by atoms with Crippen molar-refractivity contribution in [2.24, 2.45) is 0 Å². The highest BCUT2D eigenvalue weighted by Crippen LogP contribution is 2.24. The average Bonchev–Trinajstić information content (AvgIpc) is 3.02. The number of pyridine rings is 1. The third-order valence-electron chi connectivity index (χ3n) is 3.89. The van der Waals surface area contributed by atoms with Crippen molar-refractivity contribution in [3.05, 3.63) is 82.5 Å². The summed E-state index contributed by atoms with van der Waals surface area (Å²) < 4.78 is 5.72. The number of anilines is 1. The summed E-state index contributed by atoms with van der Waals surface area (Å²) in [6, 6.07) is 13.7. The molecule has 0 unspecified atom stereocenters. The Morgan fingerprint density at radius 3 is 2.69 bits per heavy atom. The van der Waals surface area contributed by atoms with Crippen LogP contribution < -0.4 is 5.32 Å². The molecule has 2 aromatic heterocycles. The van der Waals surface area contributed by atoms with Crippen molar-refractivity contribution in [1.29, 1.82) is 0 Å². The molecule has 3 aromatic rings. The van der Waals surface area contributed by atoms with Crippen molar-refractivity contribution in [3.8, 4) is 0 Å². The number of nitrogens with zero attached hydrogens (tertiary/aromatic N) is 2.